The maximum atomic E-state index is 11.9. The quantitative estimate of drug-likeness (QED) is 0.382. The van der Waals surface area contributed by atoms with E-state index in [4.69, 9.17) is 10.3 Å². The molecule has 5 heteroatoms. The summed E-state index contributed by atoms with van der Waals surface area (Å²) in [5.74, 6) is 0.567. The van der Waals surface area contributed by atoms with Gasteiger partial charge in [-0.1, -0.05) is 51.9 Å². The second-order valence-electron chi connectivity index (χ2n) is 6.14. The Morgan fingerprint density at radius 1 is 0.917 bits per heavy atom. The maximum Gasteiger partial charge on any atom is 0.410 e. The van der Waals surface area contributed by atoms with E-state index in [1.54, 1.807) is 18.2 Å². The predicted molar refractivity (Wildman–Crippen MR) is 93.7 cm³/mol. The first-order valence-electron chi connectivity index (χ1n) is 8.77. The Bertz CT molecular complexity index is 844. The maximum absolute atomic E-state index is 11.9. The molecule has 2 aromatic carbocycles. The summed E-state index contributed by atoms with van der Waals surface area (Å²) in [7, 11) is 0. The molecule has 0 atom stereocenters. The van der Waals surface area contributed by atoms with E-state index in [1.165, 1.54) is 38.5 Å². The molecule has 0 spiro atoms. The van der Waals surface area contributed by atoms with E-state index in [0.717, 1.165) is 12.8 Å². The van der Waals surface area contributed by atoms with Crippen LogP contribution in [0.15, 0.2) is 27.8 Å². The highest BCUT2D eigenvalue weighted by Gasteiger charge is 2.16. The standard InChI is InChI=1S/C19H24N2O3/c1-2-3-4-5-6-7-8-9-12-24-14-10-11-15-16(13-14)19(23)17(21-20)18(15)22/h10-11,13H,2-9,12H2,1H3. The van der Waals surface area contributed by atoms with Crippen LogP contribution in [0.5, 0.6) is 5.75 Å². The molecule has 0 aliphatic carbocycles. The van der Waals surface area contributed by atoms with E-state index < -0.39 is 16.2 Å². The lowest BCUT2D eigenvalue weighted by Gasteiger charge is -2.06. The first kappa shape index (κ1) is 18.1. The molecule has 2 rings (SSSR count). The van der Waals surface area contributed by atoms with Gasteiger partial charge in [0, 0.05) is 10.8 Å². The summed E-state index contributed by atoms with van der Waals surface area (Å²) in [5.41, 5.74) is 7.67. The van der Waals surface area contributed by atoms with Crippen LogP contribution < -0.4 is 21.0 Å². The lowest BCUT2D eigenvalue weighted by molar-refractivity contribution is -0.0674. The Hall–Kier alpha value is -2.26. The van der Waals surface area contributed by atoms with E-state index >= 15 is 0 Å². The zero-order valence-electron chi connectivity index (χ0n) is 14.2. The van der Waals surface area contributed by atoms with Gasteiger partial charge in [0.25, 0.3) is 10.9 Å². The van der Waals surface area contributed by atoms with Gasteiger partial charge in [0.2, 0.25) is 0 Å². The minimum atomic E-state index is -0.546. The van der Waals surface area contributed by atoms with Crippen LogP contribution in [-0.4, -0.2) is 11.4 Å². The molecule has 2 aromatic rings. The molecule has 0 fully saturated rings. The Kier molecular flexibility index (Phi) is 6.89. The van der Waals surface area contributed by atoms with Crippen LogP contribution in [0.4, 0.5) is 0 Å². The molecule has 0 unspecified atom stereocenters. The zero-order valence-corrected chi connectivity index (χ0v) is 14.2. The number of hydrogen-bond donors (Lipinski definition) is 0. The molecule has 0 saturated carbocycles. The minimum absolute atomic E-state index is 0.251. The summed E-state index contributed by atoms with van der Waals surface area (Å²) in [6, 6.07) is 4.78. The summed E-state index contributed by atoms with van der Waals surface area (Å²) in [6.45, 7) is 2.81. The number of hydrogen-bond acceptors (Lipinski definition) is 3. The number of benzene rings is 1. The number of unbranched alkanes of at least 4 members (excludes halogenated alkanes) is 7. The molecule has 128 valence electrons. The first-order chi connectivity index (χ1) is 11.7. The van der Waals surface area contributed by atoms with Crippen LogP contribution in [0.2, 0.25) is 0 Å². The smallest absolute Gasteiger partial charge is 0.410 e. The molecule has 0 aliphatic heterocycles. The Labute approximate surface area is 141 Å². The van der Waals surface area contributed by atoms with Crippen LogP contribution in [-0.2, 0) is 0 Å². The highest BCUT2D eigenvalue weighted by atomic mass is 16.5. The van der Waals surface area contributed by atoms with Crippen LogP contribution in [0.3, 0.4) is 0 Å². The average molecular weight is 328 g/mol. The van der Waals surface area contributed by atoms with Crippen molar-refractivity contribution in [3.63, 3.8) is 0 Å². The van der Waals surface area contributed by atoms with Crippen molar-refractivity contribution in [3.05, 3.63) is 49.5 Å². The fraction of sp³-hybridized carbons (Fsp3) is 0.526. The van der Waals surface area contributed by atoms with Crippen molar-refractivity contribution >= 4 is 10.8 Å². The topological polar surface area (TPSA) is 79.8 Å². The van der Waals surface area contributed by atoms with Crippen LogP contribution >= 0.6 is 0 Å². The molecule has 0 radical (unpaired) electrons. The molecule has 0 aromatic heterocycles. The fourth-order valence-corrected chi connectivity index (χ4v) is 2.87. The number of ether oxygens (including phenoxy) is 1. The van der Waals surface area contributed by atoms with Crippen LogP contribution in [0, 0.1) is 0 Å². The predicted octanol–water partition coefficient (Wildman–Crippen LogP) is 3.09. The van der Waals surface area contributed by atoms with Crippen LogP contribution in [0.25, 0.3) is 16.3 Å². The van der Waals surface area contributed by atoms with E-state index in [0.29, 0.717) is 12.4 Å². The normalized spacial score (nSPS) is 10.9. The third-order valence-electron chi connectivity index (χ3n) is 4.28. The third-order valence-corrected chi connectivity index (χ3v) is 4.28. The average Bonchev–Trinajstić information content (AvgIpc) is 2.83. The summed E-state index contributed by atoms with van der Waals surface area (Å²) in [6.07, 6.45) is 9.84. The largest absolute Gasteiger partial charge is 0.494 e. The summed E-state index contributed by atoms with van der Waals surface area (Å²) >= 11 is 0. The molecule has 0 N–H and O–H groups in total. The van der Waals surface area contributed by atoms with Crippen molar-refractivity contribution in [1.29, 1.82) is 0 Å². The van der Waals surface area contributed by atoms with Gasteiger partial charge in [0.15, 0.2) is 0 Å². The molecule has 5 nitrogen and oxygen atoms in total. The Balaban J connectivity index is 1.82. The lowest BCUT2D eigenvalue weighted by atomic mass is 10.1. The molecule has 0 heterocycles. The molecule has 0 aliphatic rings. The summed E-state index contributed by atoms with van der Waals surface area (Å²) < 4.78 is 5.66. The highest BCUT2D eigenvalue weighted by molar-refractivity contribution is 5.84. The van der Waals surface area contributed by atoms with Crippen molar-refractivity contribution < 1.29 is 9.53 Å². The molecular formula is C19H24N2O3. The van der Waals surface area contributed by atoms with E-state index in [-0.39, 0.29) is 10.8 Å². The highest BCUT2D eigenvalue weighted by Crippen LogP contribution is 2.16. The van der Waals surface area contributed by atoms with Gasteiger partial charge in [0.05, 0.1) is 6.61 Å². The number of fused-ring (bicyclic) bond motifs is 1. The molecule has 24 heavy (non-hydrogen) atoms. The lowest BCUT2D eigenvalue weighted by Crippen LogP contribution is -2.32. The summed E-state index contributed by atoms with van der Waals surface area (Å²) in [4.78, 5) is 26.6. The Morgan fingerprint density at radius 2 is 1.54 bits per heavy atom. The number of rotatable bonds is 10. The number of nitrogens with zero attached hydrogens (tertiary/aromatic N) is 2. The molecule has 0 amide bonds. The van der Waals surface area contributed by atoms with E-state index in [1.807, 2.05) is 0 Å². The minimum Gasteiger partial charge on any atom is -0.494 e. The van der Waals surface area contributed by atoms with Gasteiger partial charge in [-0.2, -0.15) is 4.79 Å². The summed E-state index contributed by atoms with van der Waals surface area (Å²) in [5, 5.41) is 0.0960. The second kappa shape index (κ2) is 9.14. The van der Waals surface area contributed by atoms with Crippen molar-refractivity contribution in [2.24, 2.45) is 0 Å². The van der Waals surface area contributed by atoms with Gasteiger partial charge in [-0.25, -0.2) is 0 Å². The first-order valence-corrected chi connectivity index (χ1v) is 8.77. The van der Waals surface area contributed by atoms with Gasteiger partial charge in [-0.3, -0.25) is 9.59 Å². The van der Waals surface area contributed by atoms with Gasteiger partial charge in [0.1, 0.15) is 5.75 Å². The van der Waals surface area contributed by atoms with Gasteiger partial charge in [-0.15, -0.1) is 0 Å². The SMILES string of the molecule is CCCCCCCCCCOc1ccc2c(=O)c(=[N+]=[N-])c(=O)c2c1. The molecular weight excluding hydrogens is 304 g/mol. The van der Waals surface area contributed by atoms with Crippen molar-refractivity contribution in [3.8, 4) is 5.75 Å². The van der Waals surface area contributed by atoms with E-state index in [2.05, 4.69) is 11.7 Å². The molecule has 0 bridgehead atoms. The fourth-order valence-electron chi connectivity index (χ4n) is 2.87. The Morgan fingerprint density at radius 3 is 2.21 bits per heavy atom. The zero-order chi connectivity index (χ0) is 17.4. The van der Waals surface area contributed by atoms with Crippen LogP contribution in [0.1, 0.15) is 58.3 Å². The van der Waals surface area contributed by atoms with Crippen molar-refractivity contribution in [2.45, 2.75) is 58.3 Å². The van der Waals surface area contributed by atoms with E-state index in [9.17, 15) is 9.59 Å². The monoisotopic (exact) mass is 328 g/mol. The second-order valence-corrected chi connectivity index (χ2v) is 6.14. The molecule has 0 saturated heterocycles. The van der Waals surface area contributed by atoms with Gasteiger partial charge < -0.3 is 10.3 Å². The van der Waals surface area contributed by atoms with Crippen molar-refractivity contribution in [2.75, 3.05) is 6.61 Å². The van der Waals surface area contributed by atoms with Crippen molar-refractivity contribution in [1.82, 2.24) is 0 Å². The third kappa shape index (κ3) is 4.39. The van der Waals surface area contributed by atoms with Gasteiger partial charge >= 0.3 is 5.36 Å². The van der Waals surface area contributed by atoms with Gasteiger partial charge in [-0.05, 0) is 24.6 Å².